The highest BCUT2D eigenvalue weighted by molar-refractivity contribution is 7.15. The lowest BCUT2D eigenvalue weighted by molar-refractivity contribution is 0.177. The van der Waals surface area contributed by atoms with Gasteiger partial charge in [0, 0.05) is 44.0 Å². The molecule has 4 nitrogen and oxygen atoms in total. The molecule has 1 unspecified atom stereocenters. The number of rotatable bonds is 4. The van der Waals surface area contributed by atoms with Crippen LogP contribution in [0.3, 0.4) is 0 Å². The lowest BCUT2D eigenvalue weighted by Crippen LogP contribution is -2.09. The number of hydrogen-bond donors (Lipinski definition) is 1. The standard InChI is InChI=1S/C15H17N3OS/c1-17(2)13-5-3-11(4-6-13)14(19)9-12-10-18-7-8-20-15(18)16-12/h3-8,10,14,19H,9H2,1-2H3. The van der Waals surface area contributed by atoms with Crippen LogP contribution in [-0.4, -0.2) is 28.6 Å². The van der Waals surface area contributed by atoms with Crippen molar-refractivity contribution in [2.45, 2.75) is 12.5 Å². The van der Waals surface area contributed by atoms with Crippen LogP contribution in [0.15, 0.2) is 42.0 Å². The van der Waals surface area contributed by atoms with Crippen molar-refractivity contribution >= 4 is 22.0 Å². The zero-order valence-corrected chi connectivity index (χ0v) is 12.3. The Labute approximate surface area is 121 Å². The predicted octanol–water partition coefficient (Wildman–Crippen LogP) is 2.74. The summed E-state index contributed by atoms with van der Waals surface area (Å²) < 4.78 is 1.99. The molecule has 0 radical (unpaired) electrons. The second kappa shape index (κ2) is 5.26. The molecule has 0 saturated carbocycles. The average Bonchev–Trinajstić information content (AvgIpc) is 2.99. The van der Waals surface area contributed by atoms with E-state index in [1.165, 1.54) is 0 Å². The number of aliphatic hydroxyl groups is 1. The molecule has 104 valence electrons. The first-order chi connectivity index (χ1) is 9.63. The number of hydrogen-bond acceptors (Lipinski definition) is 4. The number of thiazole rings is 1. The van der Waals surface area contributed by atoms with Gasteiger partial charge < -0.3 is 10.0 Å². The molecular formula is C15H17N3OS. The zero-order valence-electron chi connectivity index (χ0n) is 11.5. The second-order valence-corrected chi connectivity index (χ2v) is 5.90. The van der Waals surface area contributed by atoms with Gasteiger partial charge in [-0.3, -0.25) is 4.40 Å². The summed E-state index contributed by atoms with van der Waals surface area (Å²) in [5.74, 6) is 0. The number of anilines is 1. The van der Waals surface area contributed by atoms with E-state index in [0.29, 0.717) is 6.42 Å². The molecule has 0 fully saturated rings. The minimum absolute atomic E-state index is 0.518. The van der Waals surface area contributed by atoms with Crippen LogP contribution in [0.25, 0.3) is 4.96 Å². The third-order valence-electron chi connectivity index (χ3n) is 3.34. The van der Waals surface area contributed by atoms with E-state index >= 15 is 0 Å². The van der Waals surface area contributed by atoms with Gasteiger partial charge in [-0.25, -0.2) is 4.98 Å². The van der Waals surface area contributed by atoms with Crippen molar-refractivity contribution in [3.05, 3.63) is 53.3 Å². The summed E-state index contributed by atoms with van der Waals surface area (Å²) >= 11 is 1.60. The Balaban J connectivity index is 1.75. The Morgan fingerprint density at radius 3 is 2.70 bits per heavy atom. The molecule has 3 aromatic rings. The quantitative estimate of drug-likeness (QED) is 0.802. The van der Waals surface area contributed by atoms with Crippen molar-refractivity contribution in [3.8, 4) is 0 Å². The summed E-state index contributed by atoms with van der Waals surface area (Å²) in [6.45, 7) is 0. The molecule has 3 rings (SSSR count). The normalized spacial score (nSPS) is 12.8. The first-order valence-electron chi connectivity index (χ1n) is 6.50. The Morgan fingerprint density at radius 1 is 1.30 bits per heavy atom. The number of aliphatic hydroxyl groups excluding tert-OH is 1. The van der Waals surface area contributed by atoms with Gasteiger partial charge in [0.15, 0.2) is 4.96 Å². The Morgan fingerprint density at radius 2 is 2.05 bits per heavy atom. The molecule has 0 saturated heterocycles. The smallest absolute Gasteiger partial charge is 0.193 e. The monoisotopic (exact) mass is 287 g/mol. The SMILES string of the molecule is CN(C)c1ccc(C(O)Cc2cn3ccsc3n2)cc1. The van der Waals surface area contributed by atoms with Crippen molar-refractivity contribution < 1.29 is 5.11 Å². The van der Waals surface area contributed by atoms with E-state index in [4.69, 9.17) is 0 Å². The summed E-state index contributed by atoms with van der Waals surface area (Å²) in [7, 11) is 4.01. The molecule has 5 heteroatoms. The summed E-state index contributed by atoms with van der Waals surface area (Å²) in [6.07, 6.45) is 3.98. The van der Waals surface area contributed by atoms with Crippen molar-refractivity contribution in [2.24, 2.45) is 0 Å². The van der Waals surface area contributed by atoms with E-state index in [0.717, 1.165) is 21.9 Å². The third-order valence-corrected chi connectivity index (χ3v) is 4.11. The van der Waals surface area contributed by atoms with Gasteiger partial charge in [-0.1, -0.05) is 12.1 Å². The number of nitrogens with zero attached hydrogens (tertiary/aromatic N) is 3. The molecular weight excluding hydrogens is 270 g/mol. The summed E-state index contributed by atoms with van der Waals surface area (Å²) in [6, 6.07) is 7.98. The predicted molar refractivity (Wildman–Crippen MR) is 82.5 cm³/mol. The van der Waals surface area contributed by atoms with Gasteiger partial charge in [-0.2, -0.15) is 0 Å². The van der Waals surface area contributed by atoms with Gasteiger partial charge in [-0.15, -0.1) is 11.3 Å². The van der Waals surface area contributed by atoms with Crippen LogP contribution in [-0.2, 0) is 6.42 Å². The first-order valence-corrected chi connectivity index (χ1v) is 7.38. The first kappa shape index (κ1) is 13.1. The van der Waals surface area contributed by atoms with Crippen molar-refractivity contribution in [1.82, 2.24) is 9.38 Å². The fraction of sp³-hybridized carbons (Fsp3) is 0.267. The van der Waals surface area contributed by atoms with E-state index in [1.807, 2.05) is 65.4 Å². The molecule has 0 aliphatic carbocycles. The molecule has 0 aliphatic rings. The Hall–Kier alpha value is -1.85. The van der Waals surface area contributed by atoms with E-state index in [9.17, 15) is 5.11 Å². The van der Waals surface area contributed by atoms with Gasteiger partial charge in [-0.05, 0) is 17.7 Å². The fourth-order valence-electron chi connectivity index (χ4n) is 2.18. The highest BCUT2D eigenvalue weighted by Crippen LogP contribution is 2.22. The van der Waals surface area contributed by atoms with Gasteiger partial charge >= 0.3 is 0 Å². The second-order valence-electron chi connectivity index (χ2n) is 5.03. The molecule has 2 aromatic heterocycles. The molecule has 0 spiro atoms. The van der Waals surface area contributed by atoms with E-state index in [-0.39, 0.29) is 0 Å². The largest absolute Gasteiger partial charge is 0.388 e. The summed E-state index contributed by atoms with van der Waals surface area (Å²) in [5, 5.41) is 12.3. The lowest BCUT2D eigenvalue weighted by atomic mass is 10.0. The molecule has 0 bridgehead atoms. The number of aromatic nitrogens is 2. The summed E-state index contributed by atoms with van der Waals surface area (Å²) in [4.78, 5) is 7.51. The van der Waals surface area contributed by atoms with E-state index < -0.39 is 6.10 Å². The van der Waals surface area contributed by atoms with Gasteiger partial charge in [0.25, 0.3) is 0 Å². The molecule has 1 atom stereocenters. The lowest BCUT2D eigenvalue weighted by Gasteiger charge is -2.14. The molecule has 20 heavy (non-hydrogen) atoms. The molecule has 1 N–H and O–H groups in total. The number of fused-ring (bicyclic) bond motifs is 1. The van der Waals surface area contributed by atoms with Gasteiger partial charge in [0.1, 0.15) is 0 Å². The summed E-state index contributed by atoms with van der Waals surface area (Å²) in [5.41, 5.74) is 2.97. The number of benzene rings is 1. The highest BCUT2D eigenvalue weighted by Gasteiger charge is 2.12. The fourth-order valence-corrected chi connectivity index (χ4v) is 2.90. The van der Waals surface area contributed by atoms with Crippen LogP contribution in [0.1, 0.15) is 17.4 Å². The van der Waals surface area contributed by atoms with Crippen LogP contribution >= 0.6 is 11.3 Å². The maximum atomic E-state index is 10.3. The molecule has 0 amide bonds. The van der Waals surface area contributed by atoms with Crippen molar-refractivity contribution in [2.75, 3.05) is 19.0 Å². The maximum Gasteiger partial charge on any atom is 0.193 e. The highest BCUT2D eigenvalue weighted by atomic mass is 32.1. The van der Waals surface area contributed by atoms with E-state index in [2.05, 4.69) is 4.98 Å². The number of imidazole rings is 1. The maximum absolute atomic E-state index is 10.3. The van der Waals surface area contributed by atoms with Gasteiger partial charge in [0.05, 0.1) is 11.8 Å². The molecule has 0 aliphatic heterocycles. The van der Waals surface area contributed by atoms with Crippen LogP contribution in [0.5, 0.6) is 0 Å². The topological polar surface area (TPSA) is 40.8 Å². The van der Waals surface area contributed by atoms with Gasteiger partial charge in [0.2, 0.25) is 0 Å². The average molecular weight is 287 g/mol. The minimum atomic E-state index is -0.518. The zero-order chi connectivity index (χ0) is 14.1. The van der Waals surface area contributed by atoms with Crippen molar-refractivity contribution in [1.29, 1.82) is 0 Å². The van der Waals surface area contributed by atoms with Crippen LogP contribution in [0.2, 0.25) is 0 Å². The Kier molecular flexibility index (Phi) is 3.46. The van der Waals surface area contributed by atoms with Crippen molar-refractivity contribution in [3.63, 3.8) is 0 Å². The van der Waals surface area contributed by atoms with E-state index in [1.54, 1.807) is 11.3 Å². The minimum Gasteiger partial charge on any atom is -0.388 e. The molecule has 2 heterocycles. The van der Waals surface area contributed by atoms with Crippen LogP contribution in [0, 0.1) is 0 Å². The van der Waals surface area contributed by atoms with Crippen LogP contribution in [0.4, 0.5) is 5.69 Å². The molecule has 1 aromatic carbocycles. The third kappa shape index (κ3) is 2.55. The van der Waals surface area contributed by atoms with Crippen LogP contribution < -0.4 is 4.90 Å². The Bertz CT molecular complexity index is 671.